The van der Waals surface area contributed by atoms with Crippen molar-refractivity contribution in [3.8, 4) is 5.75 Å². The highest BCUT2D eigenvalue weighted by Gasteiger charge is 2.43. The van der Waals surface area contributed by atoms with Crippen LogP contribution in [-0.2, 0) is 21.2 Å². The molecule has 1 amide bonds. The molecular weight excluding hydrogens is 569 g/mol. The number of halogens is 2. The van der Waals surface area contributed by atoms with Crippen LogP contribution in [0.15, 0.2) is 60.8 Å². The largest absolute Gasteiger partial charge is 0.497 e. The summed E-state index contributed by atoms with van der Waals surface area (Å²) in [6.45, 7) is 1.56. The van der Waals surface area contributed by atoms with E-state index >= 15 is 4.39 Å². The van der Waals surface area contributed by atoms with E-state index < -0.39 is 27.7 Å². The first-order valence-corrected chi connectivity index (χ1v) is 15.7. The van der Waals surface area contributed by atoms with Crippen molar-refractivity contribution in [3.05, 3.63) is 82.8 Å². The first-order valence-electron chi connectivity index (χ1n) is 13.5. The Labute approximate surface area is 244 Å². The van der Waals surface area contributed by atoms with Gasteiger partial charge in [0.05, 0.1) is 19.3 Å². The fraction of sp³-hybridized carbons (Fsp3) is 0.414. The summed E-state index contributed by atoms with van der Waals surface area (Å²) in [6.07, 6.45) is 3.77. The monoisotopic (exact) mass is 601 g/mol. The number of carbonyl (C=O) groups excluding carboxylic acids is 1. The number of hydrogen-bond donors (Lipinski definition) is 0. The number of anilines is 1. The minimum absolute atomic E-state index is 0.128. The van der Waals surface area contributed by atoms with E-state index in [9.17, 15) is 13.2 Å². The van der Waals surface area contributed by atoms with E-state index in [1.54, 1.807) is 41.4 Å². The van der Waals surface area contributed by atoms with Crippen LogP contribution in [0.1, 0.15) is 23.5 Å². The second kappa shape index (κ2) is 12.3. The molecule has 41 heavy (non-hydrogen) atoms. The van der Waals surface area contributed by atoms with Crippen molar-refractivity contribution < 1.29 is 22.3 Å². The molecule has 2 saturated heterocycles. The highest BCUT2D eigenvalue weighted by Crippen LogP contribution is 2.38. The molecule has 1 aromatic heterocycles. The number of carbonyl (C=O) groups is 1. The van der Waals surface area contributed by atoms with Crippen LogP contribution in [0.4, 0.5) is 10.2 Å². The molecule has 2 aliphatic heterocycles. The zero-order valence-electron chi connectivity index (χ0n) is 23.0. The fourth-order valence-corrected chi connectivity index (χ4v) is 7.17. The van der Waals surface area contributed by atoms with E-state index in [2.05, 4.69) is 10.2 Å². The third-order valence-corrected chi connectivity index (χ3v) is 9.56. The number of sulfonamides is 1. The molecule has 2 fully saturated rings. The normalized spacial score (nSPS) is 22.0. The van der Waals surface area contributed by atoms with Crippen molar-refractivity contribution in [3.63, 3.8) is 0 Å². The van der Waals surface area contributed by atoms with E-state index in [0.717, 1.165) is 5.56 Å². The van der Waals surface area contributed by atoms with Crippen LogP contribution in [-0.4, -0.2) is 85.9 Å². The van der Waals surface area contributed by atoms with Crippen LogP contribution >= 0.6 is 11.6 Å². The van der Waals surface area contributed by atoms with E-state index in [1.807, 2.05) is 23.1 Å². The van der Waals surface area contributed by atoms with Gasteiger partial charge in [0.25, 0.3) is 0 Å². The number of ether oxygens (including phenoxy) is 1. The van der Waals surface area contributed by atoms with Crippen LogP contribution in [0.5, 0.6) is 5.75 Å². The molecule has 3 unspecified atom stereocenters. The molecule has 0 N–H and O–H groups in total. The van der Waals surface area contributed by atoms with Crippen molar-refractivity contribution in [2.24, 2.45) is 5.92 Å². The number of nitrogens with zero attached hydrogens (tertiary/aromatic N) is 5. The Morgan fingerprint density at radius 2 is 1.88 bits per heavy atom. The molecular formula is C29H33ClFN5O4S. The Balaban J connectivity index is 1.40. The van der Waals surface area contributed by atoms with Gasteiger partial charge >= 0.3 is 0 Å². The van der Waals surface area contributed by atoms with E-state index in [0.29, 0.717) is 54.6 Å². The van der Waals surface area contributed by atoms with Gasteiger partial charge in [-0.1, -0.05) is 29.8 Å². The molecule has 0 saturated carbocycles. The topological polar surface area (TPSA) is 95.9 Å². The molecule has 5 rings (SSSR count). The molecule has 0 radical (unpaired) electrons. The zero-order chi connectivity index (χ0) is 29.1. The Bertz CT molecular complexity index is 1480. The second-order valence-electron chi connectivity index (χ2n) is 10.6. The maximum Gasteiger partial charge on any atom is 0.228 e. The lowest BCUT2D eigenvalue weighted by molar-refractivity contribution is -0.135. The Hall–Kier alpha value is -3.28. The Morgan fingerprint density at radius 3 is 2.54 bits per heavy atom. The zero-order valence-corrected chi connectivity index (χ0v) is 24.6. The Morgan fingerprint density at radius 1 is 1.10 bits per heavy atom. The van der Waals surface area contributed by atoms with Crippen molar-refractivity contribution in [2.45, 2.75) is 24.8 Å². The summed E-state index contributed by atoms with van der Waals surface area (Å²) in [5, 5.41) is 8.79. The van der Waals surface area contributed by atoms with Gasteiger partial charge < -0.3 is 14.5 Å². The molecule has 3 atom stereocenters. The molecule has 3 aromatic rings. The average Bonchev–Trinajstić information content (AvgIpc) is 3.28. The standard InChI is InChI=1S/C29H33ClFN5O4S/c1-40-23-9-10-24(27(31)17-23)25-18-35(28-4-3-12-32-33-28)19-26(25)29(37)34-13-11-22(36(15-14-34)41(2,38)39)16-20-5-7-21(30)8-6-20/h3-10,12,17,22,25-26H,11,13-16,18-19H2,1-2H3. The number of methoxy groups -OCH3 is 1. The summed E-state index contributed by atoms with van der Waals surface area (Å²) < 4.78 is 47.5. The lowest BCUT2D eigenvalue weighted by Crippen LogP contribution is -2.43. The molecule has 12 heteroatoms. The van der Waals surface area contributed by atoms with Gasteiger partial charge in [-0.05, 0) is 54.3 Å². The average molecular weight is 602 g/mol. The van der Waals surface area contributed by atoms with Gasteiger partial charge in [-0.3, -0.25) is 4.79 Å². The van der Waals surface area contributed by atoms with Gasteiger partial charge in [-0.2, -0.15) is 9.40 Å². The van der Waals surface area contributed by atoms with Crippen molar-refractivity contribution in [2.75, 3.05) is 51.0 Å². The van der Waals surface area contributed by atoms with Crippen molar-refractivity contribution >= 4 is 33.3 Å². The van der Waals surface area contributed by atoms with Gasteiger partial charge in [-0.25, -0.2) is 12.8 Å². The van der Waals surface area contributed by atoms with Gasteiger partial charge in [0.2, 0.25) is 15.9 Å². The van der Waals surface area contributed by atoms with E-state index in [4.69, 9.17) is 16.3 Å². The summed E-state index contributed by atoms with van der Waals surface area (Å²) in [4.78, 5) is 17.8. The second-order valence-corrected chi connectivity index (χ2v) is 12.9. The third kappa shape index (κ3) is 6.63. The lowest BCUT2D eigenvalue weighted by atomic mass is 9.87. The summed E-state index contributed by atoms with van der Waals surface area (Å²) in [7, 11) is -2.04. The molecule has 2 aliphatic rings. The predicted octanol–water partition coefficient (Wildman–Crippen LogP) is 3.60. The minimum Gasteiger partial charge on any atom is -0.497 e. The van der Waals surface area contributed by atoms with Crippen molar-refractivity contribution in [1.29, 1.82) is 0 Å². The first kappa shape index (κ1) is 29.2. The number of aromatic nitrogens is 2. The summed E-state index contributed by atoms with van der Waals surface area (Å²) in [5.74, 6) is -0.539. The number of benzene rings is 2. The Kier molecular flexibility index (Phi) is 8.77. The molecule has 218 valence electrons. The number of amides is 1. The minimum atomic E-state index is -3.52. The maximum atomic E-state index is 15.3. The van der Waals surface area contributed by atoms with Crippen molar-refractivity contribution in [1.82, 2.24) is 19.4 Å². The number of rotatable bonds is 7. The van der Waals surface area contributed by atoms with Gasteiger partial charge in [0.15, 0.2) is 5.82 Å². The first-order chi connectivity index (χ1) is 19.6. The molecule has 9 nitrogen and oxygen atoms in total. The van der Waals surface area contributed by atoms with Crippen LogP contribution in [0.25, 0.3) is 0 Å². The quantitative estimate of drug-likeness (QED) is 0.408. The van der Waals surface area contributed by atoms with E-state index in [1.165, 1.54) is 23.7 Å². The highest BCUT2D eigenvalue weighted by molar-refractivity contribution is 7.88. The molecule has 0 spiro atoms. The lowest BCUT2D eigenvalue weighted by Gasteiger charge is -2.27. The smallest absolute Gasteiger partial charge is 0.228 e. The van der Waals surface area contributed by atoms with Gasteiger partial charge in [0, 0.05) is 62.0 Å². The predicted molar refractivity (Wildman–Crippen MR) is 155 cm³/mol. The van der Waals surface area contributed by atoms with Crippen LogP contribution in [0.3, 0.4) is 0 Å². The molecule has 0 bridgehead atoms. The van der Waals surface area contributed by atoms with E-state index in [-0.39, 0.29) is 25.0 Å². The number of hydrogen-bond acceptors (Lipinski definition) is 7. The highest BCUT2D eigenvalue weighted by atomic mass is 35.5. The third-order valence-electron chi connectivity index (χ3n) is 7.98. The summed E-state index contributed by atoms with van der Waals surface area (Å²) >= 11 is 6.04. The van der Waals surface area contributed by atoms with Gasteiger partial charge in [-0.15, -0.1) is 5.10 Å². The maximum absolute atomic E-state index is 15.3. The molecule has 2 aromatic carbocycles. The fourth-order valence-electron chi connectivity index (χ4n) is 5.90. The molecule has 3 heterocycles. The summed E-state index contributed by atoms with van der Waals surface area (Å²) in [5.41, 5.74) is 1.40. The summed E-state index contributed by atoms with van der Waals surface area (Å²) in [6, 6.07) is 15.4. The SMILES string of the molecule is COc1ccc(C2CN(c3cccnn3)CC2C(=O)N2CCC(Cc3ccc(Cl)cc3)N(S(C)(=O)=O)CC2)c(F)c1. The van der Waals surface area contributed by atoms with Crippen LogP contribution < -0.4 is 9.64 Å². The van der Waals surface area contributed by atoms with Crippen LogP contribution in [0, 0.1) is 11.7 Å². The van der Waals surface area contributed by atoms with Crippen LogP contribution in [0.2, 0.25) is 5.02 Å². The molecule has 0 aliphatic carbocycles. The van der Waals surface area contributed by atoms with Gasteiger partial charge in [0.1, 0.15) is 11.6 Å².